The molecule has 1 heterocycles. The summed E-state index contributed by atoms with van der Waals surface area (Å²) < 4.78 is 5.33. The Hall–Kier alpha value is -2.53. The molecule has 1 saturated heterocycles. The van der Waals surface area contributed by atoms with Crippen LogP contribution in [0.15, 0.2) is 42.5 Å². The fraction of sp³-hybridized carbons (Fsp3) is 0.300. The minimum atomic E-state index is -0.234. The zero-order chi connectivity index (χ0) is 18.7. The Kier molecular flexibility index (Phi) is 5.47. The lowest BCUT2D eigenvalue weighted by atomic mass is 10.1. The highest BCUT2D eigenvalue weighted by Crippen LogP contribution is 2.28. The highest BCUT2D eigenvalue weighted by atomic mass is 35.5. The van der Waals surface area contributed by atoms with Crippen molar-refractivity contribution in [2.45, 2.75) is 19.8 Å². The number of hydrogen-bond donors (Lipinski definition) is 0. The van der Waals surface area contributed by atoms with Crippen LogP contribution in [0.4, 0.5) is 5.69 Å². The fourth-order valence-electron chi connectivity index (χ4n) is 3.00. The van der Waals surface area contributed by atoms with E-state index in [-0.39, 0.29) is 18.5 Å². The molecule has 2 aromatic carbocycles. The van der Waals surface area contributed by atoms with E-state index in [1.54, 1.807) is 34.1 Å². The molecule has 0 aliphatic carbocycles. The molecule has 0 saturated carbocycles. The highest BCUT2D eigenvalue weighted by molar-refractivity contribution is 6.31. The number of likely N-dealkylation sites (tertiary alicyclic amines) is 1. The van der Waals surface area contributed by atoms with E-state index in [0.717, 1.165) is 12.0 Å². The van der Waals surface area contributed by atoms with E-state index in [9.17, 15) is 9.59 Å². The summed E-state index contributed by atoms with van der Waals surface area (Å²) >= 11 is 6.27. The zero-order valence-electron chi connectivity index (χ0n) is 14.9. The molecular formula is C20H21ClN2O3. The fourth-order valence-corrected chi connectivity index (χ4v) is 3.18. The molecule has 0 radical (unpaired) electrons. The van der Waals surface area contributed by atoms with Crippen LogP contribution in [0.25, 0.3) is 0 Å². The van der Waals surface area contributed by atoms with Crippen molar-refractivity contribution < 1.29 is 14.3 Å². The molecule has 26 heavy (non-hydrogen) atoms. The predicted octanol–water partition coefficient (Wildman–Crippen LogP) is 3.88. The van der Waals surface area contributed by atoms with Crippen molar-refractivity contribution in [3.63, 3.8) is 0 Å². The number of benzene rings is 2. The Morgan fingerprint density at radius 3 is 2.69 bits per heavy atom. The van der Waals surface area contributed by atoms with Gasteiger partial charge >= 0.3 is 0 Å². The first-order chi connectivity index (χ1) is 12.5. The first-order valence-electron chi connectivity index (χ1n) is 8.50. The quantitative estimate of drug-likeness (QED) is 0.800. The number of halogens is 1. The third-order valence-corrected chi connectivity index (χ3v) is 4.94. The Labute approximate surface area is 158 Å². The summed E-state index contributed by atoms with van der Waals surface area (Å²) in [4.78, 5) is 28.6. The van der Waals surface area contributed by atoms with Gasteiger partial charge in [0.1, 0.15) is 12.4 Å². The van der Waals surface area contributed by atoms with E-state index in [2.05, 4.69) is 0 Å². The van der Waals surface area contributed by atoms with Gasteiger partial charge in [-0.15, -0.1) is 0 Å². The van der Waals surface area contributed by atoms with E-state index in [0.29, 0.717) is 35.0 Å². The molecule has 1 fully saturated rings. The molecule has 0 atom stereocenters. The van der Waals surface area contributed by atoms with Gasteiger partial charge in [0.15, 0.2) is 0 Å². The molecule has 0 spiro atoms. The molecule has 3 rings (SSSR count). The average molecular weight is 373 g/mol. The minimum Gasteiger partial charge on any atom is -0.496 e. The van der Waals surface area contributed by atoms with Crippen LogP contribution in [0.5, 0.6) is 5.75 Å². The van der Waals surface area contributed by atoms with Gasteiger partial charge in [0, 0.05) is 23.7 Å². The maximum absolute atomic E-state index is 13.3. The molecule has 0 aromatic heterocycles. The monoisotopic (exact) mass is 372 g/mol. The van der Waals surface area contributed by atoms with Gasteiger partial charge in [0.05, 0.1) is 12.7 Å². The number of methoxy groups -OCH3 is 1. The number of aryl methyl sites for hydroxylation is 1. The number of hydrogen-bond acceptors (Lipinski definition) is 3. The molecule has 0 unspecified atom stereocenters. The average Bonchev–Trinajstić information content (AvgIpc) is 3.06. The van der Waals surface area contributed by atoms with Crippen LogP contribution in [0.2, 0.25) is 5.02 Å². The van der Waals surface area contributed by atoms with Crippen LogP contribution in [-0.4, -0.2) is 37.0 Å². The van der Waals surface area contributed by atoms with Crippen LogP contribution in [-0.2, 0) is 4.79 Å². The molecule has 1 aliphatic heterocycles. The number of ether oxygens (including phenoxy) is 1. The third kappa shape index (κ3) is 3.68. The molecule has 2 amide bonds. The number of carbonyl (C=O) groups is 2. The highest BCUT2D eigenvalue weighted by Gasteiger charge is 2.27. The Morgan fingerprint density at radius 2 is 2.04 bits per heavy atom. The summed E-state index contributed by atoms with van der Waals surface area (Å²) in [6, 6.07) is 12.5. The molecule has 0 bridgehead atoms. The molecule has 1 aliphatic rings. The first-order valence-corrected chi connectivity index (χ1v) is 8.88. The molecule has 136 valence electrons. The smallest absolute Gasteiger partial charge is 0.263 e. The van der Waals surface area contributed by atoms with Crippen molar-refractivity contribution in [2.75, 3.05) is 25.2 Å². The number of carbonyl (C=O) groups excluding carboxylic acids is 2. The van der Waals surface area contributed by atoms with Crippen LogP contribution >= 0.6 is 11.6 Å². The minimum absolute atomic E-state index is 0.0565. The van der Waals surface area contributed by atoms with Crippen molar-refractivity contribution in [2.24, 2.45) is 0 Å². The lowest BCUT2D eigenvalue weighted by Crippen LogP contribution is -2.42. The topological polar surface area (TPSA) is 49.9 Å². The Balaban J connectivity index is 2.00. The SMILES string of the molecule is COc1ccccc1C(=O)N(CN1CCCC1=O)c1ccc(C)c(Cl)c1. The summed E-state index contributed by atoms with van der Waals surface area (Å²) in [5.41, 5.74) is 2.02. The van der Waals surface area contributed by atoms with E-state index in [1.807, 2.05) is 25.1 Å². The van der Waals surface area contributed by atoms with Gasteiger partial charge in [-0.3, -0.25) is 14.5 Å². The van der Waals surface area contributed by atoms with Gasteiger partial charge in [-0.25, -0.2) is 0 Å². The number of anilines is 1. The molecular weight excluding hydrogens is 352 g/mol. The summed E-state index contributed by atoms with van der Waals surface area (Å²) in [6.45, 7) is 2.74. The lowest BCUT2D eigenvalue weighted by Gasteiger charge is -2.29. The number of amides is 2. The van der Waals surface area contributed by atoms with E-state index in [4.69, 9.17) is 16.3 Å². The molecule has 2 aromatic rings. The second kappa shape index (κ2) is 7.79. The molecule has 5 nitrogen and oxygen atoms in total. The number of rotatable bonds is 5. The van der Waals surface area contributed by atoms with Gasteiger partial charge in [-0.1, -0.05) is 29.8 Å². The Morgan fingerprint density at radius 1 is 1.27 bits per heavy atom. The standard InChI is InChI=1S/C20H21ClN2O3/c1-14-9-10-15(12-17(14)21)23(13-22-11-5-8-19(22)24)20(25)16-6-3-4-7-18(16)26-2/h3-4,6-7,9-10,12H,5,8,11,13H2,1-2H3. The van der Waals surface area contributed by atoms with Crippen LogP contribution < -0.4 is 9.64 Å². The van der Waals surface area contributed by atoms with Gasteiger partial charge in [0.2, 0.25) is 5.91 Å². The molecule has 0 N–H and O–H groups in total. The summed E-state index contributed by atoms with van der Waals surface area (Å²) in [6.07, 6.45) is 1.33. The molecule has 6 heteroatoms. The van der Waals surface area contributed by atoms with Gasteiger partial charge in [-0.2, -0.15) is 0 Å². The third-order valence-electron chi connectivity index (χ3n) is 4.53. The van der Waals surface area contributed by atoms with Crippen LogP contribution in [0.1, 0.15) is 28.8 Å². The van der Waals surface area contributed by atoms with Gasteiger partial charge in [0.25, 0.3) is 5.91 Å². The second-order valence-corrected chi connectivity index (χ2v) is 6.68. The van der Waals surface area contributed by atoms with Crippen LogP contribution in [0, 0.1) is 6.92 Å². The first kappa shape index (κ1) is 18.3. The van der Waals surface area contributed by atoms with Crippen molar-refractivity contribution >= 4 is 29.1 Å². The van der Waals surface area contributed by atoms with Crippen LogP contribution in [0.3, 0.4) is 0 Å². The summed E-state index contributed by atoms with van der Waals surface area (Å²) in [7, 11) is 1.53. The largest absolute Gasteiger partial charge is 0.496 e. The predicted molar refractivity (Wildman–Crippen MR) is 102 cm³/mol. The van der Waals surface area contributed by atoms with Crippen molar-refractivity contribution in [1.82, 2.24) is 4.90 Å². The summed E-state index contributed by atoms with van der Waals surface area (Å²) in [5.74, 6) is 0.316. The Bertz CT molecular complexity index is 838. The normalized spacial score (nSPS) is 13.8. The van der Waals surface area contributed by atoms with Gasteiger partial charge < -0.3 is 9.64 Å². The maximum atomic E-state index is 13.3. The second-order valence-electron chi connectivity index (χ2n) is 6.27. The number of nitrogens with zero attached hydrogens (tertiary/aromatic N) is 2. The van der Waals surface area contributed by atoms with Crippen molar-refractivity contribution in [3.8, 4) is 5.75 Å². The van der Waals surface area contributed by atoms with E-state index in [1.165, 1.54) is 7.11 Å². The number of para-hydroxylation sites is 1. The van der Waals surface area contributed by atoms with E-state index >= 15 is 0 Å². The maximum Gasteiger partial charge on any atom is 0.263 e. The zero-order valence-corrected chi connectivity index (χ0v) is 15.6. The van der Waals surface area contributed by atoms with Crippen molar-refractivity contribution in [1.29, 1.82) is 0 Å². The lowest BCUT2D eigenvalue weighted by molar-refractivity contribution is -0.127. The van der Waals surface area contributed by atoms with Gasteiger partial charge in [-0.05, 0) is 43.2 Å². The van der Waals surface area contributed by atoms with Crippen molar-refractivity contribution in [3.05, 3.63) is 58.6 Å². The van der Waals surface area contributed by atoms with E-state index < -0.39 is 0 Å². The summed E-state index contributed by atoms with van der Waals surface area (Å²) in [5, 5.41) is 0.577.